The molecule has 0 aliphatic heterocycles. The van der Waals surface area contributed by atoms with Crippen molar-refractivity contribution < 1.29 is 4.79 Å². The van der Waals surface area contributed by atoms with E-state index in [2.05, 4.69) is 6.58 Å². The molecule has 1 rings (SSSR count). The minimum absolute atomic E-state index is 0.0163. The van der Waals surface area contributed by atoms with Crippen LogP contribution in [0.3, 0.4) is 0 Å². The Labute approximate surface area is 84.9 Å². The number of rotatable bonds is 3. The topological polar surface area (TPSA) is 20.3 Å². The van der Waals surface area contributed by atoms with Crippen LogP contribution < -0.4 is 4.90 Å². The Balaban J connectivity index is 2.94. The molecule has 1 aromatic rings. The highest BCUT2D eigenvalue weighted by Gasteiger charge is 2.03. The lowest BCUT2D eigenvalue weighted by atomic mass is 10.0. The molecule has 0 N–H and O–H groups in total. The largest absolute Gasteiger partial charge is 0.378 e. The van der Waals surface area contributed by atoms with E-state index in [1.54, 1.807) is 0 Å². The van der Waals surface area contributed by atoms with Crippen LogP contribution in [0.2, 0.25) is 0 Å². The van der Waals surface area contributed by atoms with Gasteiger partial charge in [-0.2, -0.15) is 0 Å². The van der Waals surface area contributed by atoms with Gasteiger partial charge in [0.1, 0.15) is 0 Å². The number of hydrogen-bond acceptors (Lipinski definition) is 2. The van der Waals surface area contributed by atoms with Crippen molar-refractivity contribution in [1.29, 1.82) is 0 Å². The number of nitrogens with zero attached hydrogens (tertiary/aromatic N) is 1. The van der Waals surface area contributed by atoms with Crippen molar-refractivity contribution in [1.82, 2.24) is 0 Å². The first kappa shape index (κ1) is 10.5. The highest BCUT2D eigenvalue weighted by molar-refractivity contribution is 6.18. The van der Waals surface area contributed by atoms with E-state index in [0.717, 1.165) is 11.3 Å². The lowest BCUT2D eigenvalue weighted by Crippen LogP contribution is -2.08. The van der Waals surface area contributed by atoms with E-state index in [9.17, 15) is 4.79 Å². The third-order valence-electron chi connectivity index (χ3n) is 2.16. The zero-order chi connectivity index (χ0) is 10.7. The van der Waals surface area contributed by atoms with E-state index in [1.807, 2.05) is 43.3 Å². The Morgan fingerprint density at radius 2 is 1.71 bits per heavy atom. The molecule has 0 bridgehead atoms. The highest BCUT2D eigenvalue weighted by atomic mass is 16.1. The molecular formula is C12H15NO. The van der Waals surface area contributed by atoms with E-state index in [-0.39, 0.29) is 5.78 Å². The predicted octanol–water partition coefficient (Wildman–Crippen LogP) is 2.35. The molecule has 1 aromatic carbocycles. The Hall–Kier alpha value is -1.57. The summed E-state index contributed by atoms with van der Waals surface area (Å²) in [6.45, 7) is 5.27. The maximum atomic E-state index is 11.1. The minimum atomic E-state index is 0.0163. The maximum Gasteiger partial charge on any atom is 0.159 e. The van der Waals surface area contributed by atoms with Gasteiger partial charge in [-0.15, -0.1) is 0 Å². The Bertz CT molecular complexity index is 349. The summed E-state index contributed by atoms with van der Waals surface area (Å²) >= 11 is 0. The van der Waals surface area contributed by atoms with Crippen molar-refractivity contribution in [2.24, 2.45) is 0 Å². The lowest BCUT2D eigenvalue weighted by Gasteiger charge is -2.12. The van der Waals surface area contributed by atoms with Gasteiger partial charge in [-0.25, -0.2) is 0 Å². The highest BCUT2D eigenvalue weighted by Crippen LogP contribution is 2.17. The summed E-state index contributed by atoms with van der Waals surface area (Å²) in [6, 6.07) is 7.78. The second-order valence-corrected chi connectivity index (χ2v) is 3.48. The molecule has 2 nitrogen and oxygen atoms in total. The van der Waals surface area contributed by atoms with Crippen molar-refractivity contribution in [3.8, 4) is 0 Å². The third-order valence-corrected chi connectivity index (χ3v) is 2.16. The Morgan fingerprint density at radius 1 is 1.21 bits per heavy atom. The summed E-state index contributed by atoms with van der Waals surface area (Å²) in [7, 11) is 3.96. The molecule has 0 aliphatic rings. The molecule has 0 atom stereocenters. The lowest BCUT2D eigenvalue weighted by molar-refractivity contribution is -0.111. The molecule has 74 valence electrons. The van der Waals surface area contributed by atoms with Crippen molar-refractivity contribution in [3.05, 3.63) is 36.4 Å². The number of carbonyl (C=O) groups is 1. The number of allylic oxidation sites excluding steroid dienone is 1. The molecule has 0 radical (unpaired) electrons. The van der Waals surface area contributed by atoms with E-state index >= 15 is 0 Å². The first-order valence-corrected chi connectivity index (χ1v) is 4.50. The normalized spacial score (nSPS) is 9.64. The third kappa shape index (κ3) is 2.22. The van der Waals surface area contributed by atoms with Gasteiger partial charge in [0, 0.05) is 25.4 Å². The average Bonchev–Trinajstić information content (AvgIpc) is 2.16. The van der Waals surface area contributed by atoms with Gasteiger partial charge >= 0.3 is 0 Å². The monoisotopic (exact) mass is 189 g/mol. The minimum Gasteiger partial charge on any atom is -0.378 e. The van der Waals surface area contributed by atoms with Crippen molar-refractivity contribution in [3.63, 3.8) is 0 Å². The second-order valence-electron chi connectivity index (χ2n) is 3.48. The van der Waals surface area contributed by atoms with Crippen LogP contribution in [0.1, 0.15) is 12.5 Å². The van der Waals surface area contributed by atoms with Crippen LogP contribution in [-0.2, 0) is 4.79 Å². The predicted molar refractivity (Wildman–Crippen MR) is 60.5 cm³/mol. The molecule has 0 saturated heterocycles. The van der Waals surface area contributed by atoms with Crippen LogP contribution in [0.15, 0.2) is 30.8 Å². The fraction of sp³-hybridized carbons (Fsp3) is 0.250. The molecule has 0 spiro atoms. The molecular weight excluding hydrogens is 174 g/mol. The van der Waals surface area contributed by atoms with E-state index in [4.69, 9.17) is 0 Å². The quantitative estimate of drug-likeness (QED) is 0.680. The molecule has 0 aliphatic carbocycles. The van der Waals surface area contributed by atoms with Crippen LogP contribution >= 0.6 is 0 Å². The van der Waals surface area contributed by atoms with Crippen LogP contribution in [0, 0.1) is 0 Å². The molecule has 14 heavy (non-hydrogen) atoms. The summed E-state index contributed by atoms with van der Waals surface area (Å²) in [5.41, 5.74) is 2.57. The fourth-order valence-corrected chi connectivity index (χ4v) is 1.16. The molecule has 0 aromatic heterocycles. The summed E-state index contributed by atoms with van der Waals surface area (Å²) in [5, 5.41) is 0. The zero-order valence-corrected chi connectivity index (χ0v) is 8.87. The molecule has 2 heteroatoms. The summed E-state index contributed by atoms with van der Waals surface area (Å²) in [6.07, 6.45) is 0. The SMILES string of the molecule is C=C(C(C)=O)c1ccc(N(C)C)cc1. The molecule has 0 heterocycles. The van der Waals surface area contributed by atoms with Crippen molar-refractivity contribution >= 4 is 17.0 Å². The first-order valence-electron chi connectivity index (χ1n) is 4.50. The molecule has 0 fully saturated rings. The van der Waals surface area contributed by atoms with Gasteiger partial charge in [-0.1, -0.05) is 18.7 Å². The molecule has 0 saturated carbocycles. The van der Waals surface area contributed by atoms with Crippen LogP contribution in [0.4, 0.5) is 5.69 Å². The summed E-state index contributed by atoms with van der Waals surface area (Å²) in [4.78, 5) is 13.1. The Morgan fingerprint density at radius 3 is 2.07 bits per heavy atom. The van der Waals surface area contributed by atoms with Gasteiger partial charge in [0.15, 0.2) is 5.78 Å². The zero-order valence-electron chi connectivity index (χ0n) is 8.87. The molecule has 0 amide bonds. The number of anilines is 1. The molecule has 0 unspecified atom stereocenters. The second kappa shape index (κ2) is 4.09. The van der Waals surface area contributed by atoms with E-state index in [0.29, 0.717) is 5.57 Å². The number of benzene rings is 1. The van der Waals surface area contributed by atoms with E-state index in [1.165, 1.54) is 6.92 Å². The van der Waals surface area contributed by atoms with Crippen molar-refractivity contribution in [2.45, 2.75) is 6.92 Å². The van der Waals surface area contributed by atoms with Crippen LogP contribution in [0.5, 0.6) is 0 Å². The Kier molecular flexibility index (Phi) is 3.07. The van der Waals surface area contributed by atoms with Crippen molar-refractivity contribution in [2.75, 3.05) is 19.0 Å². The van der Waals surface area contributed by atoms with Gasteiger partial charge in [0.05, 0.1) is 0 Å². The first-order chi connectivity index (χ1) is 6.52. The smallest absolute Gasteiger partial charge is 0.159 e. The average molecular weight is 189 g/mol. The summed E-state index contributed by atoms with van der Waals surface area (Å²) in [5.74, 6) is 0.0163. The summed E-state index contributed by atoms with van der Waals surface area (Å²) < 4.78 is 0. The standard InChI is InChI=1S/C12H15NO/c1-9(10(2)14)11-5-7-12(8-6-11)13(3)4/h5-8H,1H2,2-4H3. The van der Waals surface area contributed by atoms with Crippen LogP contribution in [-0.4, -0.2) is 19.9 Å². The van der Waals surface area contributed by atoms with Gasteiger partial charge in [-0.3, -0.25) is 4.79 Å². The number of carbonyl (C=O) groups excluding carboxylic acids is 1. The fourth-order valence-electron chi connectivity index (χ4n) is 1.16. The maximum absolute atomic E-state index is 11.1. The van der Waals surface area contributed by atoms with Gasteiger partial charge < -0.3 is 4.90 Å². The number of Topliss-reactive ketones (excluding diaryl/α,β-unsaturated/α-hetero) is 1. The van der Waals surface area contributed by atoms with Gasteiger partial charge in [-0.05, 0) is 24.6 Å². The number of ketones is 1. The van der Waals surface area contributed by atoms with Crippen LogP contribution in [0.25, 0.3) is 5.57 Å². The van der Waals surface area contributed by atoms with E-state index < -0.39 is 0 Å². The number of hydrogen-bond donors (Lipinski definition) is 0. The van der Waals surface area contributed by atoms with Gasteiger partial charge in [0.2, 0.25) is 0 Å². The van der Waals surface area contributed by atoms with Gasteiger partial charge in [0.25, 0.3) is 0 Å².